The summed E-state index contributed by atoms with van der Waals surface area (Å²) >= 11 is 3.46. The maximum absolute atomic E-state index is 8.48. The van der Waals surface area contributed by atoms with Gasteiger partial charge in [-0.2, -0.15) is 5.26 Å². The molecule has 0 aromatic heterocycles. The second-order valence-electron chi connectivity index (χ2n) is 3.26. The number of anilines is 1. The Bertz CT molecular complexity index is 355. The molecule has 74 valence electrons. The molecule has 14 heavy (non-hydrogen) atoms. The molecule has 0 radical (unpaired) electrons. The maximum atomic E-state index is 8.48. The van der Waals surface area contributed by atoms with Gasteiger partial charge in [0.05, 0.1) is 12.5 Å². The van der Waals surface area contributed by atoms with Crippen LogP contribution in [0.15, 0.2) is 22.7 Å². The molecule has 0 saturated carbocycles. The minimum atomic E-state index is 0.561. The molecule has 0 aliphatic heterocycles. The van der Waals surface area contributed by atoms with Gasteiger partial charge in [-0.25, -0.2) is 0 Å². The van der Waals surface area contributed by atoms with E-state index >= 15 is 0 Å². The number of halogens is 1. The van der Waals surface area contributed by atoms with Crippen LogP contribution in [0.2, 0.25) is 0 Å². The van der Waals surface area contributed by atoms with Crippen LogP contribution in [0.4, 0.5) is 5.69 Å². The summed E-state index contributed by atoms with van der Waals surface area (Å²) in [7, 11) is 2.00. The smallest absolute Gasteiger partial charge is 0.0640 e. The SMILES string of the molecule is Cc1cc(N(C)CCC#N)ccc1Br. The van der Waals surface area contributed by atoms with Crippen molar-refractivity contribution < 1.29 is 0 Å². The molecule has 1 aromatic rings. The van der Waals surface area contributed by atoms with Crippen molar-refractivity contribution in [1.29, 1.82) is 5.26 Å². The van der Waals surface area contributed by atoms with Crippen molar-refractivity contribution in [2.45, 2.75) is 13.3 Å². The Labute approximate surface area is 93.3 Å². The average Bonchev–Trinajstić information content (AvgIpc) is 2.18. The highest BCUT2D eigenvalue weighted by atomic mass is 79.9. The Balaban J connectivity index is 2.76. The molecule has 0 aliphatic rings. The highest BCUT2D eigenvalue weighted by Gasteiger charge is 2.01. The van der Waals surface area contributed by atoms with E-state index in [0.29, 0.717) is 6.42 Å². The van der Waals surface area contributed by atoms with Gasteiger partial charge in [-0.05, 0) is 30.7 Å². The van der Waals surface area contributed by atoms with Crippen LogP contribution in [0.1, 0.15) is 12.0 Å². The molecule has 0 spiro atoms. The van der Waals surface area contributed by atoms with Gasteiger partial charge in [0.1, 0.15) is 0 Å². The lowest BCUT2D eigenvalue weighted by Gasteiger charge is -2.18. The van der Waals surface area contributed by atoms with Crippen molar-refractivity contribution in [3.05, 3.63) is 28.2 Å². The van der Waals surface area contributed by atoms with Gasteiger partial charge in [0.15, 0.2) is 0 Å². The van der Waals surface area contributed by atoms with E-state index in [9.17, 15) is 0 Å². The monoisotopic (exact) mass is 252 g/mol. The predicted molar refractivity (Wildman–Crippen MR) is 62.4 cm³/mol. The molecule has 0 unspecified atom stereocenters. The molecule has 1 aromatic carbocycles. The van der Waals surface area contributed by atoms with Crippen LogP contribution >= 0.6 is 15.9 Å². The molecule has 2 nitrogen and oxygen atoms in total. The van der Waals surface area contributed by atoms with E-state index in [1.807, 2.05) is 13.1 Å². The lowest BCUT2D eigenvalue weighted by atomic mass is 10.2. The average molecular weight is 253 g/mol. The van der Waals surface area contributed by atoms with E-state index in [2.05, 4.69) is 46.0 Å². The highest BCUT2D eigenvalue weighted by molar-refractivity contribution is 9.10. The number of rotatable bonds is 3. The summed E-state index contributed by atoms with van der Waals surface area (Å²) in [5.74, 6) is 0. The van der Waals surface area contributed by atoms with Crippen LogP contribution in [-0.2, 0) is 0 Å². The third kappa shape index (κ3) is 2.74. The summed E-state index contributed by atoms with van der Waals surface area (Å²) < 4.78 is 1.12. The molecule has 0 N–H and O–H groups in total. The molecule has 0 fully saturated rings. The molecule has 0 atom stereocenters. The largest absolute Gasteiger partial charge is 0.374 e. The topological polar surface area (TPSA) is 27.0 Å². The van der Waals surface area contributed by atoms with Gasteiger partial charge in [-0.15, -0.1) is 0 Å². The zero-order chi connectivity index (χ0) is 10.6. The third-order valence-corrected chi connectivity index (χ3v) is 3.03. The lowest BCUT2D eigenvalue weighted by Crippen LogP contribution is -2.17. The Kier molecular flexibility index (Phi) is 3.97. The van der Waals surface area contributed by atoms with Gasteiger partial charge in [0.25, 0.3) is 0 Å². The minimum Gasteiger partial charge on any atom is -0.374 e. The summed E-state index contributed by atoms with van der Waals surface area (Å²) in [6.07, 6.45) is 0.561. The van der Waals surface area contributed by atoms with E-state index in [1.54, 1.807) is 0 Å². The van der Waals surface area contributed by atoms with Gasteiger partial charge in [-0.3, -0.25) is 0 Å². The van der Waals surface area contributed by atoms with Gasteiger partial charge in [-0.1, -0.05) is 15.9 Å². The number of hydrogen-bond acceptors (Lipinski definition) is 2. The molecule has 1 rings (SSSR count). The van der Waals surface area contributed by atoms with Crippen molar-refractivity contribution in [3.63, 3.8) is 0 Å². The fourth-order valence-electron chi connectivity index (χ4n) is 1.21. The second-order valence-corrected chi connectivity index (χ2v) is 4.12. The number of benzene rings is 1. The number of nitrogens with zero attached hydrogens (tertiary/aromatic N) is 2. The standard InChI is InChI=1S/C11H13BrN2/c1-9-8-10(4-5-11(9)12)14(2)7-3-6-13/h4-5,8H,3,7H2,1-2H3. The van der Waals surface area contributed by atoms with Crippen LogP contribution in [0, 0.1) is 18.3 Å². The van der Waals surface area contributed by atoms with Crippen molar-refractivity contribution in [1.82, 2.24) is 0 Å². The first-order valence-corrected chi connectivity index (χ1v) is 5.28. The van der Waals surface area contributed by atoms with Crippen molar-refractivity contribution >= 4 is 21.6 Å². The molecule has 0 amide bonds. The molecule has 0 heterocycles. The van der Waals surface area contributed by atoms with Gasteiger partial charge < -0.3 is 4.90 Å². The third-order valence-electron chi connectivity index (χ3n) is 2.14. The van der Waals surface area contributed by atoms with E-state index in [4.69, 9.17) is 5.26 Å². The first-order chi connectivity index (χ1) is 6.65. The number of aryl methyl sites for hydroxylation is 1. The van der Waals surface area contributed by atoms with Gasteiger partial charge >= 0.3 is 0 Å². The molecule has 0 aliphatic carbocycles. The molecule has 0 bridgehead atoms. The molecule has 0 saturated heterocycles. The van der Waals surface area contributed by atoms with Crippen molar-refractivity contribution in [3.8, 4) is 6.07 Å². The van der Waals surface area contributed by atoms with Crippen molar-refractivity contribution in [2.75, 3.05) is 18.5 Å². The number of nitriles is 1. The predicted octanol–water partition coefficient (Wildman–Crippen LogP) is 3.11. The first-order valence-electron chi connectivity index (χ1n) is 4.49. The van der Waals surface area contributed by atoms with Crippen molar-refractivity contribution in [2.24, 2.45) is 0 Å². The summed E-state index contributed by atoms with van der Waals surface area (Å²) in [6, 6.07) is 8.34. The Morgan fingerprint density at radius 1 is 1.50 bits per heavy atom. The van der Waals surface area contributed by atoms with E-state index in [1.165, 1.54) is 5.56 Å². The summed E-state index contributed by atoms with van der Waals surface area (Å²) in [5.41, 5.74) is 2.37. The Hall–Kier alpha value is -1.01. The van der Waals surface area contributed by atoms with Crippen LogP contribution in [-0.4, -0.2) is 13.6 Å². The normalized spacial score (nSPS) is 9.57. The molecular weight excluding hydrogens is 240 g/mol. The zero-order valence-corrected chi connectivity index (χ0v) is 10.0. The van der Waals surface area contributed by atoms with Gasteiger partial charge in [0, 0.05) is 23.8 Å². The van der Waals surface area contributed by atoms with Crippen LogP contribution in [0.5, 0.6) is 0 Å². The second kappa shape index (κ2) is 5.02. The van der Waals surface area contributed by atoms with E-state index in [0.717, 1.165) is 16.7 Å². The quantitative estimate of drug-likeness (QED) is 0.827. The Morgan fingerprint density at radius 2 is 2.21 bits per heavy atom. The Morgan fingerprint density at radius 3 is 2.79 bits per heavy atom. The summed E-state index contributed by atoms with van der Waals surface area (Å²) in [6.45, 7) is 2.84. The number of hydrogen-bond donors (Lipinski definition) is 0. The summed E-state index contributed by atoms with van der Waals surface area (Å²) in [4.78, 5) is 2.09. The fraction of sp³-hybridized carbons (Fsp3) is 0.364. The first kappa shape index (κ1) is 11.1. The fourth-order valence-corrected chi connectivity index (χ4v) is 1.46. The maximum Gasteiger partial charge on any atom is 0.0640 e. The zero-order valence-electron chi connectivity index (χ0n) is 8.42. The lowest BCUT2D eigenvalue weighted by molar-refractivity contribution is 0.904. The highest BCUT2D eigenvalue weighted by Crippen LogP contribution is 2.22. The van der Waals surface area contributed by atoms with Gasteiger partial charge in [0.2, 0.25) is 0 Å². The van der Waals surface area contributed by atoms with Crippen LogP contribution in [0.25, 0.3) is 0 Å². The van der Waals surface area contributed by atoms with E-state index in [-0.39, 0.29) is 0 Å². The van der Waals surface area contributed by atoms with Crippen LogP contribution in [0.3, 0.4) is 0 Å². The molecule has 3 heteroatoms. The molecular formula is C11H13BrN2. The van der Waals surface area contributed by atoms with Crippen LogP contribution < -0.4 is 4.90 Å². The summed E-state index contributed by atoms with van der Waals surface area (Å²) in [5, 5.41) is 8.48. The van der Waals surface area contributed by atoms with E-state index < -0.39 is 0 Å². The minimum absolute atomic E-state index is 0.561.